The maximum absolute atomic E-state index is 11.3. The van der Waals surface area contributed by atoms with Gasteiger partial charge in [0.15, 0.2) is 23.6 Å². The van der Waals surface area contributed by atoms with Gasteiger partial charge in [-0.15, -0.1) is 0 Å². The van der Waals surface area contributed by atoms with Crippen LogP contribution in [0.4, 0.5) is 0 Å². The van der Waals surface area contributed by atoms with Crippen molar-refractivity contribution in [3.63, 3.8) is 0 Å². The molecule has 1 heterocycles. The molecular formula is C9H3N3O2. The van der Waals surface area contributed by atoms with Crippen LogP contribution in [0.3, 0.4) is 0 Å². The van der Waals surface area contributed by atoms with Gasteiger partial charge in [-0.2, -0.15) is 10.5 Å². The van der Waals surface area contributed by atoms with E-state index in [0.29, 0.717) is 5.57 Å². The van der Waals surface area contributed by atoms with E-state index < -0.39 is 0 Å². The molecule has 0 aliphatic heterocycles. The minimum Gasteiger partial charge on any atom is -0.443 e. The predicted octanol–water partition coefficient (Wildman–Crippen LogP) is 1.06. The lowest BCUT2D eigenvalue weighted by Gasteiger charge is -1.91. The van der Waals surface area contributed by atoms with Crippen molar-refractivity contribution in [2.24, 2.45) is 0 Å². The molecule has 0 fully saturated rings. The molecule has 0 aromatic carbocycles. The Morgan fingerprint density at radius 3 is 2.86 bits per heavy atom. The third kappa shape index (κ3) is 0.932. The highest BCUT2D eigenvalue weighted by Crippen LogP contribution is 2.33. The summed E-state index contributed by atoms with van der Waals surface area (Å²) in [6, 6.07) is 3.45. The molecule has 0 spiro atoms. The van der Waals surface area contributed by atoms with Gasteiger partial charge in [-0.25, -0.2) is 4.98 Å². The van der Waals surface area contributed by atoms with Crippen LogP contribution in [-0.2, 0) is 0 Å². The number of nitrogens with zero attached hydrogens (tertiary/aromatic N) is 3. The predicted molar refractivity (Wildman–Crippen MR) is 43.6 cm³/mol. The number of hydrogen-bond donors (Lipinski definition) is 0. The lowest BCUT2D eigenvalue weighted by molar-refractivity contribution is 0.1000. The topological polar surface area (TPSA) is 90.7 Å². The number of nitriles is 2. The highest BCUT2D eigenvalue weighted by molar-refractivity contribution is 6.10. The fourth-order valence-electron chi connectivity index (χ4n) is 1.35. The van der Waals surface area contributed by atoms with E-state index in [0.717, 1.165) is 6.39 Å². The Balaban J connectivity index is 2.68. The molecule has 5 nitrogen and oxygen atoms in total. The number of Topliss-reactive ketones (excluding diaryl/α,β-unsaturated/α-hetero) is 1. The van der Waals surface area contributed by atoms with Gasteiger partial charge >= 0.3 is 0 Å². The number of hydrogen-bond acceptors (Lipinski definition) is 5. The van der Waals surface area contributed by atoms with Crippen LogP contribution < -0.4 is 0 Å². The fourth-order valence-corrected chi connectivity index (χ4v) is 1.35. The highest BCUT2D eigenvalue weighted by Gasteiger charge is 2.31. The van der Waals surface area contributed by atoms with Crippen molar-refractivity contribution >= 4 is 11.4 Å². The van der Waals surface area contributed by atoms with Gasteiger partial charge in [0.25, 0.3) is 0 Å². The lowest BCUT2D eigenvalue weighted by atomic mass is 10.1. The molecule has 0 unspecified atom stereocenters. The first-order chi connectivity index (χ1) is 6.77. The number of aromatic nitrogens is 1. The number of carbonyl (C=O) groups is 1. The van der Waals surface area contributed by atoms with E-state index in [4.69, 9.17) is 14.9 Å². The Kier molecular flexibility index (Phi) is 1.66. The molecule has 0 radical (unpaired) electrons. The number of rotatable bonds is 0. The van der Waals surface area contributed by atoms with Gasteiger partial charge in [0.05, 0.1) is 0 Å². The van der Waals surface area contributed by atoms with Gasteiger partial charge in [-0.3, -0.25) is 4.79 Å². The van der Waals surface area contributed by atoms with Crippen molar-refractivity contribution in [1.29, 1.82) is 10.5 Å². The van der Waals surface area contributed by atoms with Crippen LogP contribution in [0.2, 0.25) is 0 Å². The Morgan fingerprint density at radius 1 is 1.50 bits per heavy atom. The van der Waals surface area contributed by atoms with E-state index >= 15 is 0 Å². The first-order valence-corrected chi connectivity index (χ1v) is 3.78. The summed E-state index contributed by atoms with van der Waals surface area (Å²) in [6.45, 7) is 0. The van der Waals surface area contributed by atoms with Gasteiger partial charge in [0.2, 0.25) is 0 Å². The molecule has 1 aromatic heterocycles. The standard InChI is InChI=1S/C9H3N3O2/c10-2-5(3-11)6-1-7(13)8-9(6)14-4-12-8/h4H,1H2. The van der Waals surface area contributed by atoms with Gasteiger partial charge < -0.3 is 4.42 Å². The maximum Gasteiger partial charge on any atom is 0.189 e. The zero-order valence-corrected chi connectivity index (χ0v) is 6.94. The van der Waals surface area contributed by atoms with Crippen molar-refractivity contribution in [2.75, 3.05) is 0 Å². The zero-order chi connectivity index (χ0) is 10.1. The van der Waals surface area contributed by atoms with Gasteiger partial charge in [0.1, 0.15) is 17.7 Å². The molecule has 14 heavy (non-hydrogen) atoms. The van der Waals surface area contributed by atoms with Crippen LogP contribution in [0.15, 0.2) is 16.4 Å². The molecule has 66 valence electrons. The molecule has 5 heteroatoms. The summed E-state index contributed by atoms with van der Waals surface area (Å²) < 4.78 is 4.95. The molecule has 0 amide bonds. The van der Waals surface area contributed by atoms with Crippen molar-refractivity contribution in [3.05, 3.63) is 23.4 Å². The molecule has 0 atom stereocenters. The highest BCUT2D eigenvalue weighted by atomic mass is 16.3. The van der Waals surface area contributed by atoms with Gasteiger partial charge in [-0.05, 0) is 0 Å². The van der Waals surface area contributed by atoms with Crippen LogP contribution in [0.1, 0.15) is 22.7 Å². The second-order valence-corrected chi connectivity index (χ2v) is 2.71. The third-order valence-electron chi connectivity index (χ3n) is 1.97. The first kappa shape index (κ1) is 8.21. The number of oxazole rings is 1. The number of fused-ring (bicyclic) bond motifs is 1. The monoisotopic (exact) mass is 185 g/mol. The second-order valence-electron chi connectivity index (χ2n) is 2.71. The Bertz CT molecular complexity index is 509. The summed E-state index contributed by atoms with van der Waals surface area (Å²) >= 11 is 0. The van der Waals surface area contributed by atoms with Crippen molar-refractivity contribution in [1.82, 2.24) is 4.98 Å². The summed E-state index contributed by atoms with van der Waals surface area (Å²) in [5.41, 5.74) is 0.462. The number of allylic oxidation sites excluding steroid dienone is 2. The van der Waals surface area contributed by atoms with Crippen LogP contribution in [0, 0.1) is 22.7 Å². The fraction of sp³-hybridized carbons (Fsp3) is 0.111. The maximum atomic E-state index is 11.3. The largest absolute Gasteiger partial charge is 0.443 e. The Hall–Kier alpha value is -2.40. The second kappa shape index (κ2) is 2.82. The van der Waals surface area contributed by atoms with Crippen LogP contribution in [0.5, 0.6) is 0 Å². The van der Waals surface area contributed by atoms with Crippen molar-refractivity contribution in [2.45, 2.75) is 6.42 Å². The SMILES string of the molecule is N#CC(C#N)=C1CC(=O)c2ncoc21. The summed E-state index contributed by atoms with van der Waals surface area (Å²) in [5, 5.41) is 17.3. The molecule has 0 saturated heterocycles. The van der Waals surface area contributed by atoms with E-state index in [1.54, 1.807) is 12.1 Å². The number of ketones is 1. The number of carbonyl (C=O) groups excluding carboxylic acids is 1. The van der Waals surface area contributed by atoms with E-state index in [2.05, 4.69) is 4.98 Å². The van der Waals surface area contributed by atoms with Gasteiger partial charge in [-0.1, -0.05) is 0 Å². The molecule has 1 aromatic rings. The van der Waals surface area contributed by atoms with Crippen LogP contribution in [0.25, 0.3) is 5.57 Å². The van der Waals surface area contributed by atoms with Gasteiger partial charge in [0, 0.05) is 12.0 Å². The third-order valence-corrected chi connectivity index (χ3v) is 1.97. The molecule has 2 rings (SSSR count). The zero-order valence-electron chi connectivity index (χ0n) is 6.94. The molecule has 0 saturated carbocycles. The summed E-state index contributed by atoms with van der Waals surface area (Å²) in [7, 11) is 0. The van der Waals surface area contributed by atoms with Crippen LogP contribution in [-0.4, -0.2) is 10.8 Å². The lowest BCUT2D eigenvalue weighted by Crippen LogP contribution is -1.90. The summed E-state index contributed by atoms with van der Waals surface area (Å²) in [5.74, 6) is 0.0415. The molecule has 0 bridgehead atoms. The smallest absolute Gasteiger partial charge is 0.189 e. The normalized spacial score (nSPS) is 13.3. The molecule has 0 N–H and O–H groups in total. The first-order valence-electron chi connectivity index (χ1n) is 3.78. The summed E-state index contributed by atoms with van der Waals surface area (Å²) in [6.07, 6.45) is 1.16. The molecule has 1 aliphatic rings. The minimum atomic E-state index is -0.216. The van der Waals surface area contributed by atoms with Crippen molar-refractivity contribution in [3.8, 4) is 12.1 Å². The molecular weight excluding hydrogens is 182 g/mol. The Labute approximate surface area is 78.9 Å². The molecule has 1 aliphatic carbocycles. The van der Waals surface area contributed by atoms with E-state index in [9.17, 15) is 4.79 Å². The average molecular weight is 185 g/mol. The quantitative estimate of drug-likeness (QED) is 0.563. The van der Waals surface area contributed by atoms with Crippen LogP contribution >= 0.6 is 0 Å². The minimum absolute atomic E-state index is 0.0262. The van der Waals surface area contributed by atoms with E-state index in [1.807, 2.05) is 0 Å². The average Bonchev–Trinajstić information content (AvgIpc) is 2.74. The van der Waals surface area contributed by atoms with Crippen molar-refractivity contribution < 1.29 is 9.21 Å². The summed E-state index contributed by atoms with van der Waals surface area (Å²) in [4.78, 5) is 15.0. The van der Waals surface area contributed by atoms with E-state index in [-0.39, 0.29) is 29.2 Å². The van der Waals surface area contributed by atoms with E-state index in [1.165, 1.54) is 0 Å². The Morgan fingerprint density at radius 2 is 2.21 bits per heavy atom.